The number of aryl methyl sites for hydroxylation is 1. The van der Waals surface area contributed by atoms with Gasteiger partial charge in [-0.15, -0.1) is 11.3 Å². The molecular weight excluding hydrogens is 274 g/mol. The van der Waals surface area contributed by atoms with Crippen LogP contribution < -0.4 is 5.32 Å². The van der Waals surface area contributed by atoms with Gasteiger partial charge >= 0.3 is 0 Å². The Kier molecular flexibility index (Phi) is 3.28. The first-order chi connectivity index (χ1) is 10.0. The molecule has 0 radical (unpaired) electrons. The van der Waals surface area contributed by atoms with E-state index in [0.717, 1.165) is 18.4 Å². The van der Waals surface area contributed by atoms with E-state index < -0.39 is 0 Å². The quantitative estimate of drug-likeness (QED) is 0.794. The molecule has 0 amide bonds. The number of rotatable bonds is 4. The molecule has 1 nitrogen and oxygen atoms in total. The van der Waals surface area contributed by atoms with Crippen LogP contribution in [0.3, 0.4) is 0 Å². The second-order valence-electron chi connectivity index (χ2n) is 8.56. The van der Waals surface area contributed by atoms with Crippen molar-refractivity contribution in [3.63, 3.8) is 0 Å². The van der Waals surface area contributed by atoms with Crippen molar-refractivity contribution in [1.29, 1.82) is 0 Å². The van der Waals surface area contributed by atoms with Crippen molar-refractivity contribution in [3.8, 4) is 0 Å². The molecule has 1 aromatic rings. The van der Waals surface area contributed by atoms with E-state index in [4.69, 9.17) is 0 Å². The van der Waals surface area contributed by atoms with Crippen LogP contribution in [-0.2, 0) is 0 Å². The zero-order valence-electron chi connectivity index (χ0n) is 13.7. The molecule has 2 heteroatoms. The lowest BCUT2D eigenvalue weighted by Gasteiger charge is -2.63. The molecule has 5 rings (SSSR count). The molecule has 4 saturated carbocycles. The van der Waals surface area contributed by atoms with Crippen LogP contribution in [0.5, 0.6) is 0 Å². The fraction of sp³-hybridized carbons (Fsp3) is 0.789. The van der Waals surface area contributed by atoms with Crippen molar-refractivity contribution >= 4 is 11.3 Å². The summed E-state index contributed by atoms with van der Waals surface area (Å²) < 4.78 is 0. The smallest absolute Gasteiger partial charge is 0.0388 e. The van der Waals surface area contributed by atoms with Crippen molar-refractivity contribution in [2.75, 3.05) is 6.54 Å². The molecule has 1 heterocycles. The molecule has 4 aliphatic rings. The summed E-state index contributed by atoms with van der Waals surface area (Å²) in [5.41, 5.74) is 2.79. The average Bonchev–Trinajstić information content (AvgIpc) is 2.78. The van der Waals surface area contributed by atoms with E-state index in [9.17, 15) is 0 Å². The van der Waals surface area contributed by atoms with Crippen LogP contribution >= 0.6 is 11.3 Å². The van der Waals surface area contributed by atoms with Gasteiger partial charge in [-0.1, -0.05) is 13.8 Å². The summed E-state index contributed by atoms with van der Waals surface area (Å²) in [6, 6.07) is 2.99. The van der Waals surface area contributed by atoms with Crippen molar-refractivity contribution < 1.29 is 0 Å². The fourth-order valence-corrected chi connectivity index (χ4v) is 7.43. The summed E-state index contributed by atoms with van der Waals surface area (Å²) >= 11 is 1.92. The molecule has 1 aromatic heterocycles. The van der Waals surface area contributed by atoms with Crippen molar-refractivity contribution in [1.82, 2.24) is 5.32 Å². The summed E-state index contributed by atoms with van der Waals surface area (Å²) in [4.78, 5) is 1.53. The van der Waals surface area contributed by atoms with E-state index in [0.29, 0.717) is 16.9 Å². The highest BCUT2D eigenvalue weighted by Crippen LogP contribution is 2.68. The Morgan fingerprint density at radius 3 is 2.52 bits per heavy atom. The highest BCUT2D eigenvalue weighted by atomic mass is 32.1. The maximum Gasteiger partial charge on any atom is 0.0388 e. The van der Waals surface area contributed by atoms with E-state index in [1.165, 1.54) is 43.4 Å². The van der Waals surface area contributed by atoms with Gasteiger partial charge in [-0.3, -0.25) is 0 Å². The van der Waals surface area contributed by atoms with Crippen LogP contribution in [0.2, 0.25) is 0 Å². The van der Waals surface area contributed by atoms with Crippen LogP contribution in [0, 0.1) is 29.6 Å². The summed E-state index contributed by atoms with van der Waals surface area (Å²) in [5.74, 6) is 2.02. The normalized spacial score (nSPS) is 42.4. The monoisotopic (exact) mass is 303 g/mol. The van der Waals surface area contributed by atoms with Gasteiger partial charge in [0.05, 0.1) is 0 Å². The molecule has 21 heavy (non-hydrogen) atoms. The first kappa shape index (κ1) is 14.3. The maximum atomic E-state index is 3.91. The number of hydrogen-bond acceptors (Lipinski definition) is 2. The zero-order valence-corrected chi connectivity index (χ0v) is 14.6. The Balaban J connectivity index is 1.74. The van der Waals surface area contributed by atoms with E-state index in [1.807, 2.05) is 11.3 Å². The van der Waals surface area contributed by atoms with Gasteiger partial charge < -0.3 is 5.32 Å². The summed E-state index contributed by atoms with van der Waals surface area (Å²) in [6.45, 7) is 8.26. The van der Waals surface area contributed by atoms with E-state index in [2.05, 4.69) is 37.5 Å². The third-order valence-corrected chi connectivity index (χ3v) is 7.49. The molecule has 1 N–H and O–H groups in total. The third kappa shape index (κ3) is 2.21. The molecule has 116 valence electrons. The molecule has 4 bridgehead atoms. The molecular formula is C19H29NS. The Hall–Kier alpha value is -0.340. The van der Waals surface area contributed by atoms with Crippen molar-refractivity contribution in [2.24, 2.45) is 22.7 Å². The van der Waals surface area contributed by atoms with E-state index >= 15 is 0 Å². The molecule has 4 aliphatic carbocycles. The molecule has 3 atom stereocenters. The number of hydrogen-bond donors (Lipinski definition) is 1. The van der Waals surface area contributed by atoms with Crippen LogP contribution in [-0.4, -0.2) is 6.54 Å². The average molecular weight is 304 g/mol. The van der Waals surface area contributed by atoms with Crippen LogP contribution in [0.4, 0.5) is 0 Å². The maximum absolute atomic E-state index is 3.91. The zero-order chi connectivity index (χ0) is 14.7. The van der Waals surface area contributed by atoms with Crippen molar-refractivity contribution in [3.05, 3.63) is 21.9 Å². The van der Waals surface area contributed by atoms with Crippen LogP contribution in [0.15, 0.2) is 11.4 Å². The molecule has 0 saturated heterocycles. The Morgan fingerprint density at radius 2 is 2.00 bits per heavy atom. The van der Waals surface area contributed by atoms with Gasteiger partial charge in [0.25, 0.3) is 0 Å². The first-order valence-corrected chi connectivity index (χ1v) is 9.69. The lowest BCUT2D eigenvalue weighted by atomic mass is 9.43. The fourth-order valence-electron chi connectivity index (χ4n) is 6.69. The summed E-state index contributed by atoms with van der Waals surface area (Å²) in [5, 5.41) is 6.20. The third-order valence-electron chi connectivity index (χ3n) is 6.63. The Labute approximate surface area is 133 Å². The van der Waals surface area contributed by atoms with Gasteiger partial charge in [-0.25, -0.2) is 0 Å². The number of thiophene rings is 1. The standard InChI is InChI=1S/C19H29NS/c1-4-20-17(16-5-6-21-13(16)2)19-10-14-7-15(11-19)9-18(3,8-14)12-19/h5-6,14-15,17,20H,4,7-12H2,1-3H3. The van der Waals surface area contributed by atoms with Gasteiger partial charge in [0, 0.05) is 10.9 Å². The largest absolute Gasteiger partial charge is 0.310 e. The topological polar surface area (TPSA) is 12.0 Å². The predicted molar refractivity (Wildman–Crippen MR) is 90.7 cm³/mol. The molecule has 0 aliphatic heterocycles. The Bertz CT molecular complexity index is 517. The van der Waals surface area contributed by atoms with E-state index in [-0.39, 0.29) is 0 Å². The highest BCUT2D eigenvalue weighted by Gasteiger charge is 2.58. The van der Waals surface area contributed by atoms with Crippen molar-refractivity contribution in [2.45, 2.75) is 65.3 Å². The summed E-state index contributed by atoms with van der Waals surface area (Å²) in [6.07, 6.45) is 8.95. The van der Waals surface area contributed by atoms with Crippen LogP contribution in [0.25, 0.3) is 0 Å². The molecule has 3 unspecified atom stereocenters. The minimum atomic E-state index is 0.542. The Morgan fingerprint density at radius 1 is 1.29 bits per heavy atom. The lowest BCUT2D eigenvalue weighted by molar-refractivity contribution is -0.119. The minimum Gasteiger partial charge on any atom is -0.310 e. The number of nitrogens with one attached hydrogen (secondary N) is 1. The molecule has 0 spiro atoms. The van der Waals surface area contributed by atoms with Gasteiger partial charge in [0.15, 0.2) is 0 Å². The van der Waals surface area contributed by atoms with Gasteiger partial charge in [-0.2, -0.15) is 0 Å². The first-order valence-electron chi connectivity index (χ1n) is 8.81. The minimum absolute atomic E-state index is 0.542. The van der Waals surface area contributed by atoms with Crippen LogP contribution in [0.1, 0.15) is 68.9 Å². The second kappa shape index (κ2) is 4.83. The SMILES string of the molecule is CCNC(c1ccsc1C)C12CC3CC(CC(C)(C3)C1)C2. The van der Waals surface area contributed by atoms with Gasteiger partial charge in [0.2, 0.25) is 0 Å². The molecule has 4 fully saturated rings. The highest BCUT2D eigenvalue weighted by molar-refractivity contribution is 7.10. The molecule has 0 aromatic carbocycles. The second-order valence-corrected chi connectivity index (χ2v) is 9.68. The van der Waals surface area contributed by atoms with Gasteiger partial charge in [-0.05, 0) is 91.7 Å². The van der Waals surface area contributed by atoms with E-state index in [1.54, 1.807) is 5.56 Å². The summed E-state index contributed by atoms with van der Waals surface area (Å²) in [7, 11) is 0. The van der Waals surface area contributed by atoms with Gasteiger partial charge in [0.1, 0.15) is 0 Å². The predicted octanol–water partition coefficient (Wildman–Crippen LogP) is 5.31. The lowest BCUT2D eigenvalue weighted by Crippen LogP contribution is -2.55.